The third-order valence-corrected chi connectivity index (χ3v) is 5.00. The molecule has 1 heterocycles. The first kappa shape index (κ1) is 16.6. The summed E-state index contributed by atoms with van der Waals surface area (Å²) < 4.78 is 2.56. The minimum absolute atomic E-state index is 0. The minimum Gasteiger partial charge on any atom is -0.344 e. The average Bonchev–Trinajstić information content (AvgIpc) is 2.94. The van der Waals surface area contributed by atoms with Crippen LogP contribution in [0.15, 0.2) is 24.3 Å². The van der Waals surface area contributed by atoms with Crippen molar-refractivity contribution in [3.05, 3.63) is 35.5 Å². The third-order valence-electron chi connectivity index (χ3n) is 5.00. The molecule has 1 atom stereocenters. The van der Waals surface area contributed by atoms with Crippen molar-refractivity contribution < 1.29 is 0 Å². The van der Waals surface area contributed by atoms with Crippen LogP contribution in [0.4, 0.5) is 0 Å². The normalized spacial score (nSPS) is 20.8. The number of para-hydroxylation sites is 1. The van der Waals surface area contributed by atoms with E-state index in [1.54, 1.807) is 11.3 Å². The Balaban J connectivity index is 0.00000161. The zero-order valence-corrected chi connectivity index (χ0v) is 15.4. The van der Waals surface area contributed by atoms with Crippen LogP contribution in [0.3, 0.4) is 0 Å². The van der Waals surface area contributed by atoms with E-state index in [1.807, 2.05) is 0 Å². The van der Waals surface area contributed by atoms with E-state index in [2.05, 4.69) is 61.7 Å². The van der Waals surface area contributed by atoms with Gasteiger partial charge in [-0.15, -0.1) is 17.0 Å². The van der Waals surface area contributed by atoms with Crippen LogP contribution in [0.5, 0.6) is 0 Å². The summed E-state index contributed by atoms with van der Waals surface area (Å²) in [6.07, 6.45) is 3.80. The third kappa shape index (κ3) is 2.66. The van der Waals surface area contributed by atoms with E-state index < -0.39 is 0 Å². The number of halogens is 1. The molecule has 0 fully saturated rings. The summed E-state index contributed by atoms with van der Waals surface area (Å²) >= 11 is 0. The second kappa shape index (κ2) is 6.13. The molecule has 0 amide bonds. The summed E-state index contributed by atoms with van der Waals surface area (Å²) in [6, 6.07) is 8.93. The van der Waals surface area contributed by atoms with Crippen molar-refractivity contribution in [1.82, 2.24) is 9.47 Å². The van der Waals surface area contributed by atoms with Crippen molar-refractivity contribution in [2.75, 3.05) is 20.6 Å². The summed E-state index contributed by atoms with van der Waals surface area (Å²) in [5, 5.41) is 1.48. The first-order valence-corrected chi connectivity index (χ1v) is 7.82. The Hall–Kier alpha value is -0.800. The van der Waals surface area contributed by atoms with Crippen molar-refractivity contribution in [1.29, 1.82) is 0 Å². The van der Waals surface area contributed by atoms with Gasteiger partial charge in [-0.05, 0) is 58.5 Å². The summed E-state index contributed by atoms with van der Waals surface area (Å²) in [6.45, 7) is 6.99. The lowest BCUT2D eigenvalue weighted by Crippen LogP contribution is -2.28. The fourth-order valence-electron chi connectivity index (χ4n) is 3.88. The molecule has 0 bridgehead atoms. The summed E-state index contributed by atoms with van der Waals surface area (Å²) in [4.78, 5) is 2.31. The smallest absolute Gasteiger partial charge is 0.0485 e. The molecule has 2 aromatic rings. The van der Waals surface area contributed by atoms with E-state index in [1.165, 1.54) is 36.7 Å². The van der Waals surface area contributed by atoms with Gasteiger partial charge < -0.3 is 9.47 Å². The maximum Gasteiger partial charge on any atom is 0.0485 e. The van der Waals surface area contributed by atoms with Crippen LogP contribution >= 0.6 is 17.0 Å². The molecule has 3 rings (SSSR count). The predicted octanol–water partition coefficient (Wildman–Crippen LogP) is 4.39. The Morgan fingerprint density at radius 1 is 1.24 bits per heavy atom. The van der Waals surface area contributed by atoms with Crippen LogP contribution in [0, 0.1) is 0 Å². The maximum atomic E-state index is 2.56. The van der Waals surface area contributed by atoms with Crippen molar-refractivity contribution in [3.63, 3.8) is 0 Å². The molecule has 0 radical (unpaired) electrons. The maximum absolute atomic E-state index is 2.56. The molecular formula is C18H27BrN2. The zero-order chi connectivity index (χ0) is 14.3. The molecule has 0 aliphatic heterocycles. The fourth-order valence-corrected chi connectivity index (χ4v) is 3.88. The van der Waals surface area contributed by atoms with E-state index in [4.69, 9.17) is 0 Å². The SMILES string of the molecule is Br.CCn1c2c(c3ccccc31)CCC2(C)CCN(C)C. The van der Waals surface area contributed by atoms with Crippen LogP contribution < -0.4 is 0 Å². The molecule has 3 heteroatoms. The zero-order valence-electron chi connectivity index (χ0n) is 13.6. The summed E-state index contributed by atoms with van der Waals surface area (Å²) in [5.41, 5.74) is 5.00. The topological polar surface area (TPSA) is 8.17 Å². The second-order valence-corrected chi connectivity index (χ2v) is 6.70. The Kier molecular flexibility index (Phi) is 4.84. The Bertz CT molecular complexity index is 614. The van der Waals surface area contributed by atoms with Gasteiger partial charge in [0.15, 0.2) is 0 Å². The van der Waals surface area contributed by atoms with Crippen LogP contribution in [-0.4, -0.2) is 30.1 Å². The first-order valence-electron chi connectivity index (χ1n) is 7.82. The van der Waals surface area contributed by atoms with Gasteiger partial charge in [0.05, 0.1) is 0 Å². The van der Waals surface area contributed by atoms with E-state index in [-0.39, 0.29) is 17.0 Å². The highest BCUT2D eigenvalue weighted by molar-refractivity contribution is 8.93. The number of hydrogen-bond acceptors (Lipinski definition) is 1. The van der Waals surface area contributed by atoms with Gasteiger partial charge in [0, 0.05) is 28.6 Å². The molecule has 1 aliphatic carbocycles. The molecule has 0 spiro atoms. The molecule has 116 valence electrons. The van der Waals surface area contributed by atoms with Crippen molar-refractivity contribution in [3.8, 4) is 0 Å². The molecule has 21 heavy (non-hydrogen) atoms. The number of hydrogen-bond donors (Lipinski definition) is 0. The van der Waals surface area contributed by atoms with E-state index in [0.717, 1.165) is 6.54 Å². The second-order valence-electron chi connectivity index (χ2n) is 6.70. The molecule has 0 saturated carbocycles. The van der Waals surface area contributed by atoms with E-state index in [9.17, 15) is 0 Å². The molecule has 1 unspecified atom stereocenters. The van der Waals surface area contributed by atoms with Crippen LogP contribution in [0.1, 0.15) is 37.9 Å². The Morgan fingerprint density at radius 2 is 1.95 bits per heavy atom. The van der Waals surface area contributed by atoms with Gasteiger partial charge in [-0.3, -0.25) is 0 Å². The van der Waals surface area contributed by atoms with E-state index >= 15 is 0 Å². The van der Waals surface area contributed by atoms with Gasteiger partial charge in [-0.2, -0.15) is 0 Å². The molecule has 0 saturated heterocycles. The molecule has 1 aromatic carbocycles. The monoisotopic (exact) mass is 350 g/mol. The van der Waals surface area contributed by atoms with Crippen LogP contribution in [0.2, 0.25) is 0 Å². The number of aryl methyl sites for hydroxylation is 2. The Labute approximate surface area is 138 Å². The summed E-state index contributed by atoms with van der Waals surface area (Å²) in [5.74, 6) is 0. The quantitative estimate of drug-likeness (QED) is 0.793. The van der Waals surface area contributed by atoms with Gasteiger partial charge in [-0.1, -0.05) is 25.1 Å². The van der Waals surface area contributed by atoms with Gasteiger partial charge >= 0.3 is 0 Å². The number of fused-ring (bicyclic) bond motifs is 3. The molecule has 1 aliphatic rings. The van der Waals surface area contributed by atoms with Crippen molar-refractivity contribution in [2.24, 2.45) is 0 Å². The fraction of sp³-hybridized carbons (Fsp3) is 0.556. The lowest BCUT2D eigenvalue weighted by atomic mass is 9.84. The summed E-state index contributed by atoms with van der Waals surface area (Å²) in [7, 11) is 4.35. The highest BCUT2D eigenvalue weighted by Crippen LogP contribution is 2.45. The number of nitrogens with zero attached hydrogens (tertiary/aromatic N) is 2. The van der Waals surface area contributed by atoms with Gasteiger partial charge in [0.1, 0.15) is 0 Å². The first-order chi connectivity index (χ1) is 9.57. The van der Waals surface area contributed by atoms with Crippen molar-refractivity contribution in [2.45, 2.75) is 45.1 Å². The molecule has 0 N–H and O–H groups in total. The minimum atomic E-state index is 0. The lowest BCUT2D eigenvalue weighted by molar-refractivity contribution is 0.318. The number of rotatable bonds is 4. The number of aromatic nitrogens is 1. The lowest BCUT2D eigenvalue weighted by Gasteiger charge is -2.28. The molecule has 1 aromatic heterocycles. The highest BCUT2D eigenvalue weighted by atomic mass is 79.9. The van der Waals surface area contributed by atoms with Crippen LogP contribution in [-0.2, 0) is 18.4 Å². The highest BCUT2D eigenvalue weighted by Gasteiger charge is 2.38. The molecule has 2 nitrogen and oxygen atoms in total. The average molecular weight is 351 g/mol. The standard InChI is InChI=1S/C18H26N2.BrH/c1-5-20-16-9-7-6-8-14(16)15-10-11-18(2,17(15)20)12-13-19(3)4;/h6-9H,5,10-13H2,1-4H3;1H. The largest absolute Gasteiger partial charge is 0.344 e. The Morgan fingerprint density at radius 3 is 2.62 bits per heavy atom. The van der Waals surface area contributed by atoms with Crippen molar-refractivity contribution >= 4 is 27.9 Å². The molecular weight excluding hydrogens is 324 g/mol. The predicted molar refractivity (Wildman–Crippen MR) is 96.8 cm³/mol. The van der Waals surface area contributed by atoms with Gasteiger partial charge in [0.2, 0.25) is 0 Å². The van der Waals surface area contributed by atoms with E-state index in [0.29, 0.717) is 5.41 Å². The number of benzene rings is 1. The van der Waals surface area contributed by atoms with Gasteiger partial charge in [0.25, 0.3) is 0 Å². The van der Waals surface area contributed by atoms with Gasteiger partial charge in [-0.25, -0.2) is 0 Å². The van der Waals surface area contributed by atoms with Crippen LogP contribution in [0.25, 0.3) is 10.9 Å².